The molecule has 0 aromatic heterocycles. The van der Waals surface area contributed by atoms with Crippen molar-refractivity contribution in [3.05, 3.63) is 115 Å². The van der Waals surface area contributed by atoms with Gasteiger partial charge in [-0.25, -0.2) is 0 Å². The third-order valence-electron chi connectivity index (χ3n) is 5.90. The van der Waals surface area contributed by atoms with E-state index in [9.17, 15) is 0 Å². The van der Waals surface area contributed by atoms with Crippen LogP contribution in [0.5, 0.6) is 0 Å². The van der Waals surface area contributed by atoms with Gasteiger partial charge in [0.05, 0.1) is 0 Å². The molecule has 3 aromatic rings. The van der Waals surface area contributed by atoms with Crippen LogP contribution in [-0.4, -0.2) is 5.54 Å². The molecule has 0 bridgehead atoms. The Balaban J connectivity index is 0.000000320. The minimum absolute atomic E-state index is 0.0382. The van der Waals surface area contributed by atoms with Crippen molar-refractivity contribution in [1.82, 2.24) is 0 Å². The Kier molecular flexibility index (Phi) is 14.0. The van der Waals surface area contributed by atoms with E-state index in [1.165, 1.54) is 27.9 Å². The van der Waals surface area contributed by atoms with E-state index in [4.69, 9.17) is 6.99 Å². The van der Waals surface area contributed by atoms with Crippen molar-refractivity contribution in [2.45, 2.75) is 104 Å². The Hall–Kier alpha value is -2.05. The molecule has 0 aliphatic rings. The fraction of sp³-hybridized carbons (Fsp3) is 0.444. The number of rotatable bonds is 5. The summed E-state index contributed by atoms with van der Waals surface area (Å²) in [5.74, 6) is 1.03. The second-order valence-corrected chi connectivity index (χ2v) is 14.3. The van der Waals surface area contributed by atoms with Crippen LogP contribution >= 0.6 is 0 Å². The van der Waals surface area contributed by atoms with Gasteiger partial charge in [0.25, 0.3) is 0 Å². The fourth-order valence-electron chi connectivity index (χ4n) is 3.58. The van der Waals surface area contributed by atoms with Crippen LogP contribution in [0, 0.1) is 13.8 Å². The molecule has 0 spiro atoms. The average molecular weight is 609 g/mol. The molecule has 0 aliphatic heterocycles. The van der Waals surface area contributed by atoms with Crippen LogP contribution in [0.25, 0.3) is 0 Å². The zero-order valence-corrected chi connectivity index (χ0v) is 28.4. The summed E-state index contributed by atoms with van der Waals surface area (Å²) in [5.41, 5.74) is 6.63. The number of benzene rings is 3. The molecule has 0 fully saturated rings. The summed E-state index contributed by atoms with van der Waals surface area (Å²) in [4.78, 5) is 0. The van der Waals surface area contributed by atoms with E-state index in [-0.39, 0.29) is 16.4 Å². The van der Waals surface area contributed by atoms with E-state index < -0.39 is 18.2 Å². The number of hydrogen-bond acceptors (Lipinski definition) is 2. The van der Waals surface area contributed by atoms with Crippen molar-refractivity contribution in [2.75, 3.05) is 0 Å². The van der Waals surface area contributed by atoms with Crippen molar-refractivity contribution in [3.8, 4) is 0 Å². The van der Waals surface area contributed by atoms with Gasteiger partial charge in [-0.05, 0) is 0 Å². The number of nitrogens with zero attached hydrogens (tertiary/aromatic N) is 2. The van der Waals surface area contributed by atoms with Gasteiger partial charge in [-0.15, -0.1) is 10.8 Å². The first kappa shape index (κ1) is 35.0. The predicted octanol–water partition coefficient (Wildman–Crippen LogP) is 11.4. The molecule has 0 amide bonds. The molecular weight excluding hydrogens is 556 g/mol. The standard InChI is InChI=1S/C12H17N.2C10H13.C4H9N.Mo/c1-8(2)10-6-5-7-11(9(3)4)12(10)13;2*1-10(2,3)9-7-5-4-6-8-9;1-4(2,3)5;/h5-9H,1-4H3;2*4-8H,1H2,2-3H3;1-3H3;/q;2*-1;;+2. The summed E-state index contributed by atoms with van der Waals surface area (Å²) in [6.07, 6.45) is 0. The van der Waals surface area contributed by atoms with Crippen LogP contribution in [-0.2, 0) is 29.0 Å². The van der Waals surface area contributed by atoms with E-state index in [1.807, 2.05) is 36.4 Å². The van der Waals surface area contributed by atoms with Gasteiger partial charge in [-0.2, -0.15) is 0 Å². The van der Waals surface area contributed by atoms with E-state index in [1.54, 1.807) is 0 Å². The summed E-state index contributed by atoms with van der Waals surface area (Å²) in [7, 11) is 0. The van der Waals surface area contributed by atoms with Crippen molar-refractivity contribution in [3.63, 3.8) is 0 Å². The van der Waals surface area contributed by atoms with Gasteiger partial charge in [-0.1, -0.05) is 99.5 Å². The van der Waals surface area contributed by atoms with Crippen molar-refractivity contribution in [1.29, 1.82) is 0 Å². The average Bonchev–Trinajstić information content (AvgIpc) is 2.84. The third kappa shape index (κ3) is 13.7. The van der Waals surface area contributed by atoms with Crippen LogP contribution in [0.1, 0.15) is 110 Å². The van der Waals surface area contributed by atoms with Crippen LogP contribution in [0.3, 0.4) is 0 Å². The first-order valence-corrected chi connectivity index (χ1v) is 15.8. The molecule has 39 heavy (non-hydrogen) atoms. The topological polar surface area (TPSA) is 24.7 Å². The maximum atomic E-state index is 4.90. The molecular formula is C36H52MoN2. The molecule has 0 saturated heterocycles. The largest absolute Gasteiger partial charge is 0.333 e. The van der Waals surface area contributed by atoms with Gasteiger partial charge >= 0.3 is 126 Å². The SMILES string of the molecule is CC(C)c1cccc(C(C)C)c1[N]=[Mo+2]=[N]C(C)(C)C.[CH2-]C(C)(C)c1ccccc1.[CH2-]C(C)(C)c1ccccc1. The Morgan fingerprint density at radius 1 is 0.564 bits per heavy atom. The van der Waals surface area contributed by atoms with Crippen molar-refractivity contribution < 1.29 is 18.2 Å². The molecule has 3 aromatic carbocycles. The van der Waals surface area contributed by atoms with E-state index in [0.717, 1.165) is 0 Å². The molecule has 0 unspecified atom stereocenters. The Bertz CT molecular complexity index is 1090. The zero-order chi connectivity index (χ0) is 29.9. The van der Waals surface area contributed by atoms with Crippen LogP contribution in [0.15, 0.2) is 85.9 Å². The molecule has 0 saturated carbocycles. The van der Waals surface area contributed by atoms with Gasteiger partial charge in [0.2, 0.25) is 0 Å². The first-order valence-electron chi connectivity index (χ1n) is 14.0. The Labute approximate surface area is 249 Å². The maximum Gasteiger partial charge on any atom is -0.0611 e. The van der Waals surface area contributed by atoms with E-state index >= 15 is 0 Å². The molecule has 0 atom stereocenters. The second-order valence-electron chi connectivity index (χ2n) is 13.0. The summed E-state index contributed by atoms with van der Waals surface area (Å²) in [6, 6.07) is 27.2. The Morgan fingerprint density at radius 2 is 0.923 bits per heavy atom. The summed E-state index contributed by atoms with van der Waals surface area (Å²) >= 11 is -0.665. The molecule has 212 valence electrons. The summed E-state index contributed by atoms with van der Waals surface area (Å²) in [5, 5.41) is 0. The third-order valence-corrected chi connectivity index (χ3v) is 8.10. The molecule has 0 aliphatic carbocycles. The van der Waals surface area contributed by atoms with Gasteiger partial charge in [0.1, 0.15) is 0 Å². The van der Waals surface area contributed by atoms with Crippen molar-refractivity contribution >= 4 is 5.69 Å². The molecule has 0 radical (unpaired) electrons. The summed E-state index contributed by atoms with van der Waals surface area (Å²) in [6.45, 7) is 31.9. The fourth-order valence-corrected chi connectivity index (χ4v) is 5.00. The molecule has 0 heterocycles. The zero-order valence-electron chi connectivity index (χ0n) is 26.4. The minimum atomic E-state index is -0.665. The predicted molar refractivity (Wildman–Crippen MR) is 169 cm³/mol. The quantitative estimate of drug-likeness (QED) is 0.203. The van der Waals surface area contributed by atoms with Crippen LogP contribution in [0.4, 0.5) is 5.69 Å². The minimum Gasteiger partial charge on any atom is -0.333 e. The van der Waals surface area contributed by atoms with Crippen molar-refractivity contribution in [2.24, 2.45) is 6.99 Å². The van der Waals surface area contributed by atoms with E-state index in [2.05, 4.69) is 132 Å². The van der Waals surface area contributed by atoms with Crippen LogP contribution < -0.4 is 0 Å². The summed E-state index contributed by atoms with van der Waals surface area (Å²) < 4.78 is 9.61. The van der Waals surface area contributed by atoms with Gasteiger partial charge in [0, 0.05) is 0 Å². The molecule has 3 heteroatoms. The van der Waals surface area contributed by atoms with Crippen LogP contribution in [0.2, 0.25) is 0 Å². The van der Waals surface area contributed by atoms with Gasteiger partial charge in [0.15, 0.2) is 0 Å². The molecule has 3 rings (SSSR count). The second kappa shape index (κ2) is 15.7. The maximum absolute atomic E-state index is 4.90. The Morgan fingerprint density at radius 3 is 1.18 bits per heavy atom. The molecule has 0 N–H and O–H groups in total. The first-order chi connectivity index (χ1) is 17.9. The monoisotopic (exact) mass is 610 g/mol. The normalized spacial score (nSPS) is 11.6. The van der Waals surface area contributed by atoms with Gasteiger partial charge in [-0.3, -0.25) is 0 Å². The van der Waals surface area contributed by atoms with Gasteiger partial charge < -0.3 is 13.8 Å². The van der Waals surface area contributed by atoms with E-state index in [0.29, 0.717) is 11.8 Å². The number of hydrogen-bond donors (Lipinski definition) is 0. The smallest absolute Gasteiger partial charge is 0.0611 e. The molecule has 2 nitrogen and oxygen atoms in total.